The molecule has 1 aliphatic carbocycles. The van der Waals surface area contributed by atoms with Gasteiger partial charge in [-0.1, -0.05) is 6.42 Å². The molecule has 0 heterocycles. The standard InChI is InChI=1S/C9H18BNO5/c11-9(8(13)14)5-6(1-2-7(9)12)3-4-10(15)16/h6-7,12,15-16H,1-5,11H2,(H,13,14)/t6-,7-,9?/m1/s1. The van der Waals surface area contributed by atoms with Crippen molar-refractivity contribution in [2.75, 3.05) is 0 Å². The van der Waals surface area contributed by atoms with Crippen LogP contribution in [0.2, 0.25) is 6.32 Å². The first-order valence-corrected chi connectivity index (χ1v) is 5.42. The van der Waals surface area contributed by atoms with Gasteiger partial charge in [-0.15, -0.1) is 0 Å². The van der Waals surface area contributed by atoms with Crippen LogP contribution in [0.3, 0.4) is 0 Å². The first kappa shape index (κ1) is 13.4. The summed E-state index contributed by atoms with van der Waals surface area (Å²) in [4.78, 5) is 11.0. The number of aliphatic hydroxyl groups excluding tert-OH is 1. The molecule has 1 unspecified atom stereocenters. The molecule has 3 atom stereocenters. The van der Waals surface area contributed by atoms with Crippen molar-refractivity contribution in [3.8, 4) is 0 Å². The van der Waals surface area contributed by atoms with Crippen molar-refractivity contribution in [2.24, 2.45) is 11.7 Å². The molecule has 0 aromatic carbocycles. The molecule has 16 heavy (non-hydrogen) atoms. The van der Waals surface area contributed by atoms with Crippen molar-refractivity contribution in [1.82, 2.24) is 0 Å². The number of aliphatic hydroxyl groups is 1. The van der Waals surface area contributed by atoms with Gasteiger partial charge < -0.3 is 26.0 Å². The third-order valence-corrected chi connectivity index (χ3v) is 3.30. The van der Waals surface area contributed by atoms with Crippen LogP contribution in [0.4, 0.5) is 0 Å². The molecule has 0 aliphatic heterocycles. The van der Waals surface area contributed by atoms with Crippen LogP contribution in [-0.2, 0) is 4.79 Å². The average molecular weight is 231 g/mol. The molecule has 0 radical (unpaired) electrons. The molecule has 1 rings (SSSR count). The number of hydrogen-bond acceptors (Lipinski definition) is 5. The molecule has 92 valence electrons. The predicted octanol–water partition coefficient (Wildman–Crippen LogP) is -1.21. The summed E-state index contributed by atoms with van der Waals surface area (Å²) in [5.41, 5.74) is 4.07. The Labute approximate surface area is 94.2 Å². The maximum Gasteiger partial charge on any atom is 0.451 e. The molecular formula is C9H18BNO5. The van der Waals surface area contributed by atoms with Crippen LogP contribution >= 0.6 is 0 Å². The second kappa shape index (κ2) is 5.14. The van der Waals surface area contributed by atoms with E-state index < -0.39 is 24.7 Å². The Bertz CT molecular complexity index is 262. The number of carbonyl (C=O) groups is 1. The number of hydrogen-bond donors (Lipinski definition) is 5. The van der Waals surface area contributed by atoms with Crippen molar-refractivity contribution in [3.05, 3.63) is 0 Å². The van der Waals surface area contributed by atoms with Gasteiger partial charge in [0.1, 0.15) is 5.54 Å². The van der Waals surface area contributed by atoms with Crippen LogP contribution in [-0.4, -0.2) is 45.0 Å². The SMILES string of the molecule is NC1(C(=O)O)C[C@@H](CCB(O)O)CC[C@H]1O. The molecule has 7 heteroatoms. The largest absolute Gasteiger partial charge is 0.480 e. The first-order chi connectivity index (χ1) is 7.36. The molecule has 6 N–H and O–H groups in total. The first-order valence-electron chi connectivity index (χ1n) is 5.42. The van der Waals surface area contributed by atoms with Gasteiger partial charge >= 0.3 is 13.1 Å². The Hall–Kier alpha value is -0.625. The van der Waals surface area contributed by atoms with Crippen molar-refractivity contribution in [1.29, 1.82) is 0 Å². The Balaban J connectivity index is 2.57. The molecule has 1 aliphatic rings. The minimum atomic E-state index is -1.59. The van der Waals surface area contributed by atoms with Gasteiger partial charge in [-0.05, 0) is 31.5 Å². The van der Waals surface area contributed by atoms with E-state index in [9.17, 15) is 9.90 Å². The van der Waals surface area contributed by atoms with Gasteiger partial charge in [0.05, 0.1) is 6.10 Å². The van der Waals surface area contributed by atoms with Gasteiger partial charge in [-0.3, -0.25) is 4.79 Å². The topological polar surface area (TPSA) is 124 Å². The highest BCUT2D eigenvalue weighted by Crippen LogP contribution is 2.34. The van der Waals surface area contributed by atoms with Gasteiger partial charge in [-0.25, -0.2) is 0 Å². The van der Waals surface area contributed by atoms with E-state index in [0.717, 1.165) is 0 Å². The monoisotopic (exact) mass is 231 g/mol. The number of aliphatic carboxylic acids is 1. The number of carboxylic acid groups (broad SMARTS) is 1. The normalized spacial score (nSPS) is 34.8. The van der Waals surface area contributed by atoms with Crippen LogP contribution in [0, 0.1) is 5.92 Å². The van der Waals surface area contributed by atoms with E-state index in [2.05, 4.69) is 0 Å². The molecule has 0 bridgehead atoms. The second-order valence-electron chi connectivity index (χ2n) is 4.57. The zero-order valence-electron chi connectivity index (χ0n) is 9.04. The molecule has 0 spiro atoms. The molecule has 1 fully saturated rings. The molecule has 1 saturated carbocycles. The molecular weight excluding hydrogens is 213 g/mol. The molecule has 0 aromatic rings. The third kappa shape index (κ3) is 2.94. The lowest BCUT2D eigenvalue weighted by Crippen LogP contribution is -2.60. The van der Waals surface area contributed by atoms with Crippen molar-refractivity contribution < 1.29 is 25.1 Å². The van der Waals surface area contributed by atoms with E-state index in [1.54, 1.807) is 0 Å². The Morgan fingerprint density at radius 1 is 1.44 bits per heavy atom. The van der Waals surface area contributed by atoms with E-state index in [1.807, 2.05) is 0 Å². The van der Waals surface area contributed by atoms with Crippen molar-refractivity contribution in [3.63, 3.8) is 0 Å². The van der Waals surface area contributed by atoms with E-state index in [0.29, 0.717) is 19.3 Å². The smallest absolute Gasteiger partial charge is 0.451 e. The van der Waals surface area contributed by atoms with E-state index in [1.165, 1.54) is 0 Å². The number of rotatable bonds is 4. The summed E-state index contributed by atoms with van der Waals surface area (Å²) in [6.07, 6.45) is 0.874. The van der Waals surface area contributed by atoms with E-state index >= 15 is 0 Å². The summed E-state index contributed by atoms with van der Waals surface area (Å²) in [7, 11) is -1.37. The highest BCUT2D eigenvalue weighted by Gasteiger charge is 2.46. The van der Waals surface area contributed by atoms with Crippen molar-refractivity contribution >= 4 is 13.1 Å². The fourth-order valence-corrected chi connectivity index (χ4v) is 2.23. The van der Waals surface area contributed by atoms with Gasteiger partial charge in [0.2, 0.25) is 0 Å². The lowest BCUT2D eigenvalue weighted by atomic mass is 9.70. The third-order valence-electron chi connectivity index (χ3n) is 3.30. The summed E-state index contributed by atoms with van der Waals surface area (Å²) < 4.78 is 0. The summed E-state index contributed by atoms with van der Waals surface area (Å²) in [6.45, 7) is 0. The zero-order chi connectivity index (χ0) is 12.3. The minimum absolute atomic E-state index is 0.0197. The predicted molar refractivity (Wildman–Crippen MR) is 57.5 cm³/mol. The fraction of sp³-hybridized carbons (Fsp3) is 0.889. The quantitative estimate of drug-likeness (QED) is 0.387. The highest BCUT2D eigenvalue weighted by atomic mass is 16.4. The van der Waals surface area contributed by atoms with Gasteiger partial charge in [0, 0.05) is 0 Å². The maximum absolute atomic E-state index is 11.0. The van der Waals surface area contributed by atoms with Crippen LogP contribution in [0.15, 0.2) is 0 Å². The van der Waals surface area contributed by atoms with Crippen LogP contribution in [0.25, 0.3) is 0 Å². The Morgan fingerprint density at radius 2 is 2.06 bits per heavy atom. The van der Waals surface area contributed by atoms with E-state index in [-0.39, 0.29) is 18.7 Å². The number of carboxylic acids is 1. The minimum Gasteiger partial charge on any atom is -0.480 e. The highest BCUT2D eigenvalue weighted by molar-refractivity contribution is 6.40. The van der Waals surface area contributed by atoms with Crippen LogP contribution < -0.4 is 5.73 Å². The second-order valence-corrected chi connectivity index (χ2v) is 4.57. The fourth-order valence-electron chi connectivity index (χ4n) is 2.23. The zero-order valence-corrected chi connectivity index (χ0v) is 9.04. The van der Waals surface area contributed by atoms with Gasteiger partial charge in [0.15, 0.2) is 0 Å². The average Bonchev–Trinajstić information content (AvgIpc) is 2.19. The summed E-state index contributed by atoms with van der Waals surface area (Å²) >= 11 is 0. The lowest BCUT2D eigenvalue weighted by Gasteiger charge is -2.38. The van der Waals surface area contributed by atoms with Gasteiger partial charge in [-0.2, -0.15) is 0 Å². The molecule has 0 amide bonds. The lowest BCUT2D eigenvalue weighted by molar-refractivity contribution is -0.151. The van der Waals surface area contributed by atoms with Crippen molar-refractivity contribution in [2.45, 2.75) is 43.6 Å². The summed E-state index contributed by atoms with van der Waals surface area (Å²) in [5, 5.41) is 36.0. The van der Waals surface area contributed by atoms with Gasteiger partial charge in [0.25, 0.3) is 0 Å². The Kier molecular flexibility index (Phi) is 4.31. The Morgan fingerprint density at radius 3 is 2.56 bits per heavy atom. The van der Waals surface area contributed by atoms with Crippen LogP contribution in [0.1, 0.15) is 25.7 Å². The van der Waals surface area contributed by atoms with E-state index in [4.69, 9.17) is 20.9 Å². The molecule has 6 nitrogen and oxygen atoms in total. The maximum atomic E-state index is 11.0. The summed E-state index contributed by atoms with van der Waals surface area (Å²) in [6, 6.07) is 0. The molecule has 0 aromatic heterocycles. The number of nitrogens with two attached hydrogens (primary N) is 1. The molecule has 0 saturated heterocycles. The van der Waals surface area contributed by atoms with Crippen LogP contribution in [0.5, 0.6) is 0 Å². The summed E-state index contributed by atoms with van der Waals surface area (Å²) in [5.74, 6) is -1.18.